The molecule has 42 heavy (non-hydrogen) atoms. The van der Waals surface area contributed by atoms with Gasteiger partial charge < -0.3 is 19.7 Å². The summed E-state index contributed by atoms with van der Waals surface area (Å²) in [7, 11) is 0. The summed E-state index contributed by atoms with van der Waals surface area (Å²) in [5.74, 6) is -0.284. The molecule has 0 fully saturated rings. The standard InChI is InChI=1S/C34H34ClNO6/c35-29-8-6-7-28(21-29)32(41-24-26-14-18-31(19-15-26)42-30-9-2-1-3-10-30)23-36(20-5-4-11-33(37)38)22-25-12-16-27(17-13-25)34(39)40/h1-3,6-10,12-19,21,32H,4-5,11,20,22-24H2,(H,37,38)(H,39,40)/t32-/m0/s1. The topological polar surface area (TPSA) is 96.3 Å². The van der Waals surface area contributed by atoms with E-state index in [4.69, 9.17) is 26.2 Å². The third-order valence-electron chi connectivity index (χ3n) is 6.72. The highest BCUT2D eigenvalue weighted by Gasteiger charge is 2.19. The van der Waals surface area contributed by atoms with Gasteiger partial charge in [-0.25, -0.2) is 4.79 Å². The Kier molecular flexibility index (Phi) is 11.5. The van der Waals surface area contributed by atoms with Gasteiger partial charge >= 0.3 is 11.9 Å². The highest BCUT2D eigenvalue weighted by atomic mass is 35.5. The lowest BCUT2D eigenvalue weighted by atomic mass is 10.1. The minimum Gasteiger partial charge on any atom is -0.481 e. The molecule has 0 amide bonds. The van der Waals surface area contributed by atoms with Gasteiger partial charge in [0.05, 0.1) is 18.3 Å². The molecule has 0 bridgehead atoms. The van der Waals surface area contributed by atoms with Crippen molar-refractivity contribution in [1.29, 1.82) is 0 Å². The minimum atomic E-state index is -0.971. The zero-order valence-electron chi connectivity index (χ0n) is 23.2. The summed E-state index contributed by atoms with van der Waals surface area (Å²) in [6.45, 7) is 2.10. The molecular formula is C34H34ClNO6. The van der Waals surface area contributed by atoms with E-state index in [2.05, 4.69) is 4.90 Å². The van der Waals surface area contributed by atoms with Crippen LogP contribution in [0.2, 0.25) is 5.02 Å². The maximum Gasteiger partial charge on any atom is 0.335 e. The summed E-state index contributed by atoms with van der Waals surface area (Å²) >= 11 is 6.34. The van der Waals surface area contributed by atoms with E-state index in [1.54, 1.807) is 12.1 Å². The first kappa shape index (κ1) is 30.8. The Labute approximate surface area is 250 Å². The van der Waals surface area contributed by atoms with Crippen molar-refractivity contribution in [2.75, 3.05) is 13.1 Å². The summed E-state index contributed by atoms with van der Waals surface area (Å²) in [5, 5.41) is 18.9. The van der Waals surface area contributed by atoms with E-state index in [0.29, 0.717) is 44.1 Å². The molecule has 7 nitrogen and oxygen atoms in total. The van der Waals surface area contributed by atoms with E-state index in [1.807, 2.05) is 91.0 Å². The number of benzene rings is 4. The van der Waals surface area contributed by atoms with Crippen LogP contribution in [0, 0.1) is 0 Å². The van der Waals surface area contributed by atoms with Crippen LogP contribution >= 0.6 is 11.6 Å². The van der Waals surface area contributed by atoms with Crippen molar-refractivity contribution in [3.05, 3.63) is 130 Å². The molecule has 1 atom stereocenters. The van der Waals surface area contributed by atoms with Gasteiger partial charge in [0, 0.05) is 24.5 Å². The molecule has 0 radical (unpaired) electrons. The summed E-state index contributed by atoms with van der Waals surface area (Å²) in [4.78, 5) is 24.5. The van der Waals surface area contributed by atoms with Gasteiger partial charge in [-0.05, 0) is 84.6 Å². The Morgan fingerprint density at radius 1 is 0.786 bits per heavy atom. The average molecular weight is 588 g/mol. The first-order chi connectivity index (χ1) is 20.4. The molecule has 0 aromatic heterocycles. The highest BCUT2D eigenvalue weighted by Crippen LogP contribution is 2.26. The van der Waals surface area contributed by atoms with Gasteiger partial charge in [-0.15, -0.1) is 0 Å². The monoisotopic (exact) mass is 587 g/mol. The Bertz CT molecular complexity index is 1430. The number of ether oxygens (including phenoxy) is 2. The fourth-order valence-electron chi connectivity index (χ4n) is 4.53. The van der Waals surface area contributed by atoms with Gasteiger partial charge in [-0.3, -0.25) is 9.69 Å². The van der Waals surface area contributed by atoms with Crippen LogP contribution in [0.25, 0.3) is 0 Å². The molecular weight excluding hydrogens is 554 g/mol. The van der Waals surface area contributed by atoms with Crippen LogP contribution in [0.4, 0.5) is 0 Å². The van der Waals surface area contributed by atoms with Gasteiger partial charge in [0.2, 0.25) is 0 Å². The van der Waals surface area contributed by atoms with Crippen molar-refractivity contribution in [3.63, 3.8) is 0 Å². The fourth-order valence-corrected chi connectivity index (χ4v) is 4.73. The van der Waals surface area contributed by atoms with Crippen molar-refractivity contribution < 1.29 is 29.3 Å². The van der Waals surface area contributed by atoms with Crippen LogP contribution < -0.4 is 4.74 Å². The number of unbranched alkanes of at least 4 members (excludes halogenated alkanes) is 1. The molecule has 218 valence electrons. The Morgan fingerprint density at radius 2 is 1.48 bits per heavy atom. The quantitative estimate of drug-likeness (QED) is 0.129. The SMILES string of the molecule is O=C(O)CCCCN(Cc1ccc(C(=O)O)cc1)C[C@H](OCc1ccc(Oc2ccccc2)cc1)c1cccc(Cl)c1. The Balaban J connectivity index is 1.47. The van der Waals surface area contributed by atoms with E-state index in [1.165, 1.54) is 0 Å². The number of aromatic carboxylic acids is 1. The van der Waals surface area contributed by atoms with Crippen molar-refractivity contribution in [3.8, 4) is 11.5 Å². The van der Waals surface area contributed by atoms with E-state index in [0.717, 1.165) is 28.2 Å². The van der Waals surface area contributed by atoms with Crippen molar-refractivity contribution in [2.45, 2.75) is 38.5 Å². The van der Waals surface area contributed by atoms with Crippen molar-refractivity contribution in [1.82, 2.24) is 4.90 Å². The van der Waals surface area contributed by atoms with Gasteiger partial charge in [0.1, 0.15) is 11.5 Å². The number of hydrogen-bond donors (Lipinski definition) is 2. The molecule has 2 N–H and O–H groups in total. The van der Waals surface area contributed by atoms with E-state index >= 15 is 0 Å². The molecule has 4 rings (SSSR count). The lowest BCUT2D eigenvalue weighted by molar-refractivity contribution is -0.137. The third-order valence-corrected chi connectivity index (χ3v) is 6.96. The molecule has 0 aliphatic rings. The molecule has 0 aliphatic heterocycles. The minimum absolute atomic E-state index is 0.110. The summed E-state index contributed by atoms with van der Waals surface area (Å²) in [6, 6.07) is 31.8. The lowest BCUT2D eigenvalue weighted by Gasteiger charge is -2.28. The number of hydrogen-bond acceptors (Lipinski definition) is 5. The van der Waals surface area contributed by atoms with Crippen LogP contribution in [0.5, 0.6) is 11.5 Å². The summed E-state index contributed by atoms with van der Waals surface area (Å²) in [6.07, 6.45) is 1.05. The number of carbonyl (C=O) groups is 2. The fraction of sp³-hybridized carbons (Fsp3) is 0.235. The number of rotatable bonds is 16. The largest absolute Gasteiger partial charge is 0.481 e. The van der Waals surface area contributed by atoms with Crippen LogP contribution in [0.1, 0.15) is 52.4 Å². The van der Waals surface area contributed by atoms with E-state index in [9.17, 15) is 14.7 Å². The van der Waals surface area contributed by atoms with Crippen molar-refractivity contribution >= 4 is 23.5 Å². The molecule has 0 heterocycles. The van der Waals surface area contributed by atoms with Gasteiger partial charge in [0.25, 0.3) is 0 Å². The average Bonchev–Trinajstić information content (AvgIpc) is 2.98. The number of halogens is 1. The van der Waals surface area contributed by atoms with Gasteiger partial charge in [0.15, 0.2) is 0 Å². The number of para-hydroxylation sites is 1. The van der Waals surface area contributed by atoms with E-state index in [-0.39, 0.29) is 18.1 Å². The maximum atomic E-state index is 11.3. The molecule has 8 heteroatoms. The summed E-state index contributed by atoms with van der Waals surface area (Å²) in [5.41, 5.74) is 3.10. The Morgan fingerprint density at radius 3 is 2.14 bits per heavy atom. The van der Waals surface area contributed by atoms with Gasteiger partial charge in [-0.1, -0.05) is 66.2 Å². The lowest BCUT2D eigenvalue weighted by Crippen LogP contribution is -2.30. The zero-order chi connectivity index (χ0) is 29.7. The number of nitrogens with zero attached hydrogens (tertiary/aromatic N) is 1. The van der Waals surface area contributed by atoms with Gasteiger partial charge in [-0.2, -0.15) is 0 Å². The van der Waals surface area contributed by atoms with Crippen LogP contribution in [-0.2, 0) is 22.7 Å². The highest BCUT2D eigenvalue weighted by molar-refractivity contribution is 6.30. The first-order valence-corrected chi connectivity index (χ1v) is 14.2. The molecule has 0 aliphatic carbocycles. The second-order valence-electron chi connectivity index (χ2n) is 10.0. The van der Waals surface area contributed by atoms with Crippen molar-refractivity contribution in [2.24, 2.45) is 0 Å². The predicted octanol–water partition coefficient (Wildman–Crippen LogP) is 7.85. The number of aliphatic carboxylic acids is 1. The number of carboxylic acid groups (broad SMARTS) is 2. The zero-order valence-corrected chi connectivity index (χ0v) is 24.0. The second-order valence-corrected chi connectivity index (χ2v) is 10.4. The molecule has 0 saturated carbocycles. The maximum absolute atomic E-state index is 11.3. The smallest absolute Gasteiger partial charge is 0.335 e. The Hall–Kier alpha value is -4.17. The normalized spacial score (nSPS) is 11.8. The molecule has 0 unspecified atom stereocenters. The molecule has 4 aromatic carbocycles. The predicted molar refractivity (Wildman–Crippen MR) is 162 cm³/mol. The van der Waals surface area contributed by atoms with Crippen LogP contribution in [0.15, 0.2) is 103 Å². The molecule has 0 spiro atoms. The second kappa shape index (κ2) is 15.7. The first-order valence-electron chi connectivity index (χ1n) is 13.8. The van der Waals surface area contributed by atoms with E-state index < -0.39 is 11.9 Å². The third kappa shape index (κ3) is 10.0. The van der Waals surface area contributed by atoms with Crippen LogP contribution in [0.3, 0.4) is 0 Å². The van der Waals surface area contributed by atoms with Crippen LogP contribution in [-0.4, -0.2) is 40.1 Å². The summed E-state index contributed by atoms with van der Waals surface area (Å²) < 4.78 is 12.4. The number of carboxylic acids is 2. The molecule has 4 aromatic rings. The molecule has 0 saturated heterocycles.